The number of nitrogens with one attached hydrogen (secondary N) is 2. The number of nitrogens with zero attached hydrogens (tertiary/aromatic N) is 4. The molecule has 4 unspecified atom stereocenters. The molecular weight excluding hydrogens is 376 g/mol. The number of aliphatic carboxylic acids is 1. The average molecular weight is 392 g/mol. The summed E-state index contributed by atoms with van der Waals surface area (Å²) >= 11 is 1.49. The van der Waals surface area contributed by atoms with Crippen LogP contribution in [0.15, 0.2) is 22.8 Å². The summed E-state index contributed by atoms with van der Waals surface area (Å²) in [5.74, 6) is -3.58. The number of aromatic amines is 1. The number of thioether (sulfide) groups is 1. The quantitative estimate of drug-likeness (QED) is 0.466. The van der Waals surface area contributed by atoms with Crippen molar-refractivity contribution in [3.8, 4) is 0 Å². The fourth-order valence-electron chi connectivity index (χ4n) is 3.50. The Morgan fingerprint density at radius 3 is 2.85 bits per heavy atom. The Kier molecular flexibility index (Phi) is 3.94. The molecular formula is C15H16N6O5S. The van der Waals surface area contributed by atoms with Gasteiger partial charge in [-0.05, 0) is 26.0 Å². The van der Waals surface area contributed by atoms with Gasteiger partial charge in [-0.25, -0.2) is 0 Å². The van der Waals surface area contributed by atoms with E-state index in [1.54, 1.807) is 4.90 Å². The molecule has 27 heavy (non-hydrogen) atoms. The molecule has 142 valence electrons. The number of carboxylic acids is 1. The maximum atomic E-state index is 12.7. The predicted molar refractivity (Wildman–Crippen MR) is 90.2 cm³/mol. The molecule has 4 rings (SSSR count). The van der Waals surface area contributed by atoms with Gasteiger partial charge in [-0.2, -0.15) is 5.21 Å². The Hall–Kier alpha value is -2.89. The molecule has 2 aliphatic heterocycles. The molecule has 4 heterocycles. The summed E-state index contributed by atoms with van der Waals surface area (Å²) in [5, 5.41) is 25.5. The van der Waals surface area contributed by atoms with E-state index in [-0.39, 0.29) is 17.0 Å². The summed E-state index contributed by atoms with van der Waals surface area (Å²) in [6, 6.07) is 1.69. The van der Waals surface area contributed by atoms with Gasteiger partial charge in [0.25, 0.3) is 0 Å². The first kappa shape index (κ1) is 17.5. The van der Waals surface area contributed by atoms with Crippen molar-refractivity contribution < 1.29 is 23.9 Å². The molecule has 0 spiro atoms. The SMILES string of the molecule is CC1(C)SC2C(NC(=O)C(C(=O)O)c3ccco3)C(=O)N2C1c1nn[nH]n1. The van der Waals surface area contributed by atoms with Crippen LogP contribution in [0.2, 0.25) is 0 Å². The van der Waals surface area contributed by atoms with E-state index in [4.69, 9.17) is 4.42 Å². The summed E-state index contributed by atoms with van der Waals surface area (Å²) in [4.78, 5) is 38.3. The average Bonchev–Trinajstić information content (AvgIpc) is 3.32. The summed E-state index contributed by atoms with van der Waals surface area (Å²) in [6.45, 7) is 3.90. The highest BCUT2D eigenvalue weighted by atomic mass is 32.2. The van der Waals surface area contributed by atoms with Gasteiger partial charge in [0.2, 0.25) is 11.8 Å². The number of tetrazole rings is 1. The van der Waals surface area contributed by atoms with Gasteiger partial charge in [0, 0.05) is 4.75 Å². The molecule has 0 aromatic carbocycles. The van der Waals surface area contributed by atoms with Crippen LogP contribution < -0.4 is 5.32 Å². The van der Waals surface area contributed by atoms with Gasteiger partial charge in [-0.15, -0.1) is 22.0 Å². The van der Waals surface area contributed by atoms with E-state index in [2.05, 4.69) is 25.9 Å². The van der Waals surface area contributed by atoms with E-state index in [1.165, 1.54) is 30.2 Å². The lowest BCUT2D eigenvalue weighted by Gasteiger charge is -2.44. The zero-order valence-electron chi connectivity index (χ0n) is 14.3. The normalized spacial score (nSPS) is 27.0. The highest BCUT2D eigenvalue weighted by Gasteiger charge is 2.63. The van der Waals surface area contributed by atoms with Crippen molar-refractivity contribution in [2.24, 2.45) is 0 Å². The number of carbonyl (C=O) groups excluding carboxylic acids is 2. The molecule has 2 amide bonds. The standard InChI is InChI=1S/C15H16N6O5S/c1-15(2)9(10-17-19-20-18-10)21-12(23)8(13(21)27-15)16-11(22)7(14(24)25)6-4-3-5-26-6/h3-5,7-9,13H,1-2H3,(H,16,22)(H,24,25)(H,17,18,19,20). The van der Waals surface area contributed by atoms with Crippen LogP contribution in [-0.4, -0.2) is 64.6 Å². The van der Waals surface area contributed by atoms with E-state index >= 15 is 0 Å². The summed E-state index contributed by atoms with van der Waals surface area (Å²) in [7, 11) is 0. The largest absolute Gasteiger partial charge is 0.480 e. The van der Waals surface area contributed by atoms with Gasteiger partial charge < -0.3 is 19.7 Å². The number of carbonyl (C=O) groups is 3. The lowest BCUT2D eigenvalue weighted by Crippen LogP contribution is -2.68. The molecule has 0 bridgehead atoms. The van der Waals surface area contributed by atoms with Crippen LogP contribution in [0.4, 0.5) is 0 Å². The lowest BCUT2D eigenvalue weighted by atomic mass is 9.95. The van der Waals surface area contributed by atoms with Crippen molar-refractivity contribution in [1.82, 2.24) is 30.8 Å². The Labute approximate surface area is 156 Å². The number of fused-ring (bicyclic) bond motifs is 1. The highest BCUT2D eigenvalue weighted by Crippen LogP contribution is 2.56. The van der Waals surface area contributed by atoms with Gasteiger partial charge in [-0.3, -0.25) is 14.4 Å². The van der Waals surface area contributed by atoms with Crippen molar-refractivity contribution in [1.29, 1.82) is 0 Å². The van der Waals surface area contributed by atoms with Crippen LogP contribution in [-0.2, 0) is 14.4 Å². The van der Waals surface area contributed by atoms with Gasteiger partial charge in [0.15, 0.2) is 11.7 Å². The molecule has 0 radical (unpaired) electrons. The minimum atomic E-state index is -1.52. The summed E-state index contributed by atoms with van der Waals surface area (Å²) in [5.41, 5.74) is 0. The zero-order chi connectivity index (χ0) is 19.3. The number of aromatic nitrogens is 4. The Morgan fingerprint density at radius 2 is 2.26 bits per heavy atom. The topological polar surface area (TPSA) is 154 Å². The van der Waals surface area contributed by atoms with E-state index in [1.807, 2.05) is 13.8 Å². The third-order valence-electron chi connectivity index (χ3n) is 4.68. The number of H-pyrrole nitrogens is 1. The van der Waals surface area contributed by atoms with Crippen molar-refractivity contribution in [2.45, 2.75) is 42.0 Å². The molecule has 0 aliphatic carbocycles. The van der Waals surface area contributed by atoms with Crippen LogP contribution in [0.25, 0.3) is 0 Å². The maximum Gasteiger partial charge on any atom is 0.323 e. The third-order valence-corrected chi connectivity index (χ3v) is 6.25. The van der Waals surface area contributed by atoms with E-state index in [0.29, 0.717) is 5.82 Å². The molecule has 2 saturated heterocycles. The summed E-state index contributed by atoms with van der Waals surface area (Å²) in [6.07, 6.45) is 1.29. The fraction of sp³-hybridized carbons (Fsp3) is 0.467. The number of rotatable bonds is 5. The predicted octanol–water partition coefficient (Wildman–Crippen LogP) is -0.119. The monoisotopic (exact) mass is 392 g/mol. The van der Waals surface area contributed by atoms with Crippen LogP contribution in [0.5, 0.6) is 0 Å². The lowest BCUT2D eigenvalue weighted by molar-refractivity contribution is -0.154. The number of hydrogen-bond acceptors (Lipinski definition) is 8. The van der Waals surface area contributed by atoms with Gasteiger partial charge in [0.05, 0.1) is 6.26 Å². The van der Waals surface area contributed by atoms with Crippen LogP contribution in [0.3, 0.4) is 0 Å². The van der Waals surface area contributed by atoms with Crippen molar-refractivity contribution >= 4 is 29.5 Å². The minimum absolute atomic E-state index is 0.00714. The van der Waals surface area contributed by atoms with Crippen molar-refractivity contribution in [3.05, 3.63) is 30.0 Å². The fourth-order valence-corrected chi connectivity index (χ4v) is 5.13. The number of amides is 2. The second-order valence-corrected chi connectivity index (χ2v) is 8.57. The number of β-lactam (4-membered cyclic amide) rings is 1. The van der Waals surface area contributed by atoms with E-state index in [0.717, 1.165) is 0 Å². The molecule has 2 aliphatic rings. The molecule has 2 fully saturated rings. The molecule has 2 aromatic heterocycles. The first-order valence-electron chi connectivity index (χ1n) is 8.11. The zero-order valence-corrected chi connectivity index (χ0v) is 15.1. The number of furan rings is 1. The molecule has 12 heteroatoms. The van der Waals surface area contributed by atoms with Gasteiger partial charge >= 0.3 is 5.97 Å². The van der Waals surface area contributed by atoms with Crippen LogP contribution >= 0.6 is 11.8 Å². The first-order chi connectivity index (χ1) is 12.8. The first-order valence-corrected chi connectivity index (χ1v) is 8.99. The van der Waals surface area contributed by atoms with Gasteiger partial charge in [0.1, 0.15) is 23.2 Å². The maximum absolute atomic E-state index is 12.7. The molecule has 0 saturated carbocycles. The van der Waals surface area contributed by atoms with Crippen LogP contribution in [0, 0.1) is 0 Å². The van der Waals surface area contributed by atoms with E-state index in [9.17, 15) is 19.5 Å². The van der Waals surface area contributed by atoms with Crippen molar-refractivity contribution in [3.63, 3.8) is 0 Å². The smallest absolute Gasteiger partial charge is 0.323 e. The Balaban J connectivity index is 1.53. The third kappa shape index (κ3) is 2.67. The number of hydrogen-bond donors (Lipinski definition) is 3. The number of carboxylic acid groups (broad SMARTS) is 1. The van der Waals surface area contributed by atoms with Crippen molar-refractivity contribution in [2.75, 3.05) is 0 Å². The molecule has 4 atom stereocenters. The molecule has 2 aromatic rings. The second-order valence-electron chi connectivity index (χ2n) is 6.80. The highest BCUT2D eigenvalue weighted by molar-refractivity contribution is 8.01. The minimum Gasteiger partial charge on any atom is -0.480 e. The van der Waals surface area contributed by atoms with Crippen LogP contribution in [0.1, 0.15) is 37.4 Å². The second kappa shape index (κ2) is 6.08. The Bertz CT molecular complexity index is 883. The summed E-state index contributed by atoms with van der Waals surface area (Å²) < 4.78 is 4.65. The Morgan fingerprint density at radius 1 is 1.48 bits per heavy atom. The van der Waals surface area contributed by atoms with E-state index < -0.39 is 34.6 Å². The molecule has 3 N–H and O–H groups in total. The molecule has 11 nitrogen and oxygen atoms in total. The van der Waals surface area contributed by atoms with Gasteiger partial charge in [-0.1, -0.05) is 5.21 Å².